The molecule has 2 aromatic carbocycles. The van der Waals surface area contributed by atoms with Crippen molar-refractivity contribution < 1.29 is 4.79 Å². The summed E-state index contributed by atoms with van der Waals surface area (Å²) in [6.45, 7) is 4.04. The van der Waals surface area contributed by atoms with Crippen LogP contribution in [-0.2, 0) is 0 Å². The van der Waals surface area contributed by atoms with Crippen LogP contribution in [0.25, 0.3) is 0 Å². The normalized spacial score (nSPS) is 10.4. The second-order valence-electron chi connectivity index (χ2n) is 6.62. The van der Waals surface area contributed by atoms with Gasteiger partial charge in [0.15, 0.2) is 11.5 Å². The standard InChI is InChI=1S/C21H23N5O/c1-14-5-6-17(13-15(14)2)23-21(27)19-11-12-20(25-24-19)22-16-7-9-18(10-8-16)26(3)4/h5-13H,1-4H3,(H,22,25)(H,23,27). The maximum Gasteiger partial charge on any atom is 0.276 e. The molecule has 0 saturated heterocycles. The first-order valence-corrected chi connectivity index (χ1v) is 8.69. The van der Waals surface area contributed by atoms with Crippen LogP contribution in [0.4, 0.5) is 22.9 Å². The summed E-state index contributed by atoms with van der Waals surface area (Å²) in [5, 5.41) is 14.1. The minimum atomic E-state index is -0.285. The van der Waals surface area contributed by atoms with Crippen LogP contribution < -0.4 is 15.5 Å². The average Bonchev–Trinajstić information content (AvgIpc) is 2.66. The summed E-state index contributed by atoms with van der Waals surface area (Å²) < 4.78 is 0. The van der Waals surface area contributed by atoms with E-state index in [-0.39, 0.29) is 11.6 Å². The van der Waals surface area contributed by atoms with Crippen molar-refractivity contribution in [2.45, 2.75) is 13.8 Å². The maximum atomic E-state index is 12.3. The van der Waals surface area contributed by atoms with Crippen LogP contribution in [0.3, 0.4) is 0 Å². The highest BCUT2D eigenvalue weighted by Crippen LogP contribution is 2.19. The van der Waals surface area contributed by atoms with Crippen LogP contribution in [0.1, 0.15) is 21.6 Å². The Hall–Kier alpha value is -3.41. The lowest BCUT2D eigenvalue weighted by Crippen LogP contribution is -2.14. The second-order valence-corrected chi connectivity index (χ2v) is 6.62. The molecule has 0 fully saturated rings. The molecule has 0 aliphatic heterocycles. The van der Waals surface area contributed by atoms with Crippen LogP contribution >= 0.6 is 0 Å². The van der Waals surface area contributed by atoms with Gasteiger partial charge in [-0.15, -0.1) is 10.2 Å². The zero-order chi connectivity index (χ0) is 19.4. The number of carbonyl (C=O) groups is 1. The highest BCUT2D eigenvalue weighted by molar-refractivity contribution is 6.02. The van der Waals surface area contributed by atoms with E-state index in [0.29, 0.717) is 5.82 Å². The van der Waals surface area contributed by atoms with Gasteiger partial charge >= 0.3 is 0 Å². The number of hydrogen-bond acceptors (Lipinski definition) is 5. The molecule has 0 spiro atoms. The molecule has 1 aromatic heterocycles. The smallest absolute Gasteiger partial charge is 0.276 e. The van der Waals surface area contributed by atoms with Crippen LogP contribution in [0.2, 0.25) is 0 Å². The van der Waals surface area contributed by atoms with Crippen molar-refractivity contribution in [2.24, 2.45) is 0 Å². The summed E-state index contributed by atoms with van der Waals surface area (Å²) in [5.41, 5.74) is 5.34. The van der Waals surface area contributed by atoms with Gasteiger partial charge in [-0.05, 0) is 73.5 Å². The van der Waals surface area contributed by atoms with E-state index in [4.69, 9.17) is 0 Å². The van der Waals surface area contributed by atoms with Gasteiger partial charge in [-0.1, -0.05) is 6.07 Å². The third kappa shape index (κ3) is 4.61. The molecule has 0 unspecified atom stereocenters. The molecule has 0 atom stereocenters. The highest BCUT2D eigenvalue weighted by Gasteiger charge is 2.09. The number of aryl methyl sites for hydroxylation is 2. The van der Waals surface area contributed by atoms with E-state index < -0.39 is 0 Å². The van der Waals surface area contributed by atoms with Gasteiger partial charge in [0.25, 0.3) is 5.91 Å². The van der Waals surface area contributed by atoms with Gasteiger partial charge in [0.1, 0.15) is 0 Å². The van der Waals surface area contributed by atoms with E-state index in [0.717, 1.165) is 22.6 Å². The molecule has 6 nitrogen and oxygen atoms in total. The number of aromatic nitrogens is 2. The fourth-order valence-corrected chi connectivity index (χ4v) is 2.53. The highest BCUT2D eigenvalue weighted by atomic mass is 16.1. The van der Waals surface area contributed by atoms with Gasteiger partial charge in [0, 0.05) is 31.2 Å². The van der Waals surface area contributed by atoms with Crippen molar-refractivity contribution in [3.63, 3.8) is 0 Å². The van der Waals surface area contributed by atoms with Crippen molar-refractivity contribution in [3.8, 4) is 0 Å². The molecule has 3 aromatic rings. The van der Waals surface area contributed by atoms with Crippen LogP contribution in [0.5, 0.6) is 0 Å². The van der Waals surface area contributed by atoms with Crippen LogP contribution in [-0.4, -0.2) is 30.2 Å². The Morgan fingerprint density at radius 3 is 2.15 bits per heavy atom. The predicted octanol–water partition coefficient (Wildman–Crippen LogP) is 4.16. The monoisotopic (exact) mass is 361 g/mol. The topological polar surface area (TPSA) is 70.2 Å². The molecule has 27 heavy (non-hydrogen) atoms. The lowest BCUT2D eigenvalue weighted by atomic mass is 10.1. The van der Waals surface area contributed by atoms with Gasteiger partial charge in [0.05, 0.1) is 0 Å². The Bertz CT molecular complexity index is 934. The Labute approximate surface area is 159 Å². The third-order valence-electron chi connectivity index (χ3n) is 4.32. The summed E-state index contributed by atoms with van der Waals surface area (Å²) in [7, 11) is 3.99. The van der Waals surface area contributed by atoms with Crippen LogP contribution in [0.15, 0.2) is 54.6 Å². The molecule has 0 radical (unpaired) electrons. The van der Waals surface area contributed by atoms with Gasteiger partial charge in [-0.2, -0.15) is 0 Å². The van der Waals surface area contributed by atoms with Crippen molar-refractivity contribution in [2.75, 3.05) is 29.6 Å². The number of rotatable bonds is 5. The Balaban J connectivity index is 1.65. The van der Waals surface area contributed by atoms with E-state index in [1.54, 1.807) is 12.1 Å². The minimum absolute atomic E-state index is 0.265. The van der Waals surface area contributed by atoms with Gasteiger partial charge in [-0.3, -0.25) is 4.79 Å². The number of nitrogens with zero attached hydrogens (tertiary/aromatic N) is 3. The zero-order valence-corrected chi connectivity index (χ0v) is 15.9. The summed E-state index contributed by atoms with van der Waals surface area (Å²) in [4.78, 5) is 14.4. The van der Waals surface area contributed by atoms with Crippen molar-refractivity contribution in [3.05, 3.63) is 71.4 Å². The Morgan fingerprint density at radius 2 is 1.56 bits per heavy atom. The molecule has 0 aliphatic carbocycles. The largest absolute Gasteiger partial charge is 0.378 e. The first-order valence-electron chi connectivity index (χ1n) is 8.69. The van der Waals surface area contributed by atoms with E-state index in [1.165, 1.54) is 5.56 Å². The molecule has 138 valence electrons. The summed E-state index contributed by atoms with van der Waals surface area (Å²) in [6.07, 6.45) is 0. The number of amides is 1. The molecule has 3 rings (SSSR count). The molecule has 0 aliphatic rings. The SMILES string of the molecule is Cc1ccc(NC(=O)c2ccc(Nc3ccc(N(C)C)cc3)nn2)cc1C. The first kappa shape index (κ1) is 18.4. The molecule has 1 amide bonds. The molecule has 0 saturated carbocycles. The number of carbonyl (C=O) groups excluding carboxylic acids is 1. The summed E-state index contributed by atoms with van der Waals surface area (Å²) >= 11 is 0. The summed E-state index contributed by atoms with van der Waals surface area (Å²) in [5.74, 6) is 0.294. The van der Waals surface area contributed by atoms with Gasteiger partial charge in [-0.25, -0.2) is 0 Å². The molecule has 2 N–H and O–H groups in total. The maximum absolute atomic E-state index is 12.3. The van der Waals surface area contributed by atoms with Crippen LogP contribution in [0, 0.1) is 13.8 Å². The van der Waals surface area contributed by atoms with E-state index in [1.807, 2.05) is 75.3 Å². The molecule has 6 heteroatoms. The fraction of sp³-hybridized carbons (Fsp3) is 0.190. The minimum Gasteiger partial charge on any atom is -0.378 e. The second kappa shape index (κ2) is 7.86. The Kier molecular flexibility index (Phi) is 5.35. The van der Waals surface area contributed by atoms with E-state index in [2.05, 4.69) is 20.8 Å². The third-order valence-corrected chi connectivity index (χ3v) is 4.32. The molecule has 0 bridgehead atoms. The summed E-state index contributed by atoms with van der Waals surface area (Å²) in [6, 6.07) is 17.2. The quantitative estimate of drug-likeness (QED) is 0.714. The average molecular weight is 361 g/mol. The predicted molar refractivity (Wildman–Crippen MR) is 110 cm³/mol. The zero-order valence-electron chi connectivity index (χ0n) is 15.9. The number of nitrogens with one attached hydrogen (secondary N) is 2. The van der Waals surface area contributed by atoms with E-state index in [9.17, 15) is 4.79 Å². The number of hydrogen-bond donors (Lipinski definition) is 2. The van der Waals surface area contributed by atoms with Gasteiger partial charge in [0.2, 0.25) is 0 Å². The van der Waals surface area contributed by atoms with E-state index >= 15 is 0 Å². The lowest BCUT2D eigenvalue weighted by molar-refractivity contribution is 0.102. The first-order chi connectivity index (χ1) is 12.9. The van der Waals surface area contributed by atoms with Crippen molar-refractivity contribution in [1.82, 2.24) is 10.2 Å². The van der Waals surface area contributed by atoms with Crippen molar-refractivity contribution in [1.29, 1.82) is 0 Å². The lowest BCUT2D eigenvalue weighted by Gasteiger charge is -2.13. The van der Waals surface area contributed by atoms with Gasteiger partial charge < -0.3 is 15.5 Å². The molecule has 1 heterocycles. The fourth-order valence-electron chi connectivity index (χ4n) is 2.53. The van der Waals surface area contributed by atoms with Crippen molar-refractivity contribution >= 4 is 28.8 Å². The molecular weight excluding hydrogens is 338 g/mol. The Morgan fingerprint density at radius 1 is 0.852 bits per heavy atom. The number of benzene rings is 2. The number of anilines is 4. The molecular formula is C21H23N5O.